The fourth-order valence-electron chi connectivity index (χ4n) is 2.56. The summed E-state index contributed by atoms with van der Waals surface area (Å²) in [5.74, 6) is 0. The summed E-state index contributed by atoms with van der Waals surface area (Å²) in [5.41, 5.74) is 8.80. The van der Waals surface area contributed by atoms with Gasteiger partial charge in [0.1, 0.15) is 0 Å². The van der Waals surface area contributed by atoms with Crippen LogP contribution in [0.5, 0.6) is 0 Å². The van der Waals surface area contributed by atoms with Crippen molar-refractivity contribution in [2.45, 2.75) is 27.7 Å². The second kappa shape index (κ2) is 4.81. The van der Waals surface area contributed by atoms with Crippen molar-refractivity contribution in [1.29, 1.82) is 0 Å². The first-order valence-electron chi connectivity index (χ1n) is 6.33. The molecular weight excluding hydrogens is 216 g/mol. The van der Waals surface area contributed by atoms with Crippen LogP contribution in [0, 0.1) is 27.7 Å². The van der Waals surface area contributed by atoms with E-state index >= 15 is 0 Å². The molecule has 0 aliphatic rings. The zero-order chi connectivity index (χ0) is 13.3. The highest BCUT2D eigenvalue weighted by Gasteiger charge is 2.09. The standard InChI is InChI=1S/C18H20/c1-12-6-8-17(9-7-12)16(5)18-14(3)10-13(2)11-15(18)4/h6-11H,5H2,1-4H3. The lowest BCUT2D eigenvalue weighted by atomic mass is 9.90. The first-order valence-corrected chi connectivity index (χ1v) is 6.33. The van der Waals surface area contributed by atoms with E-state index in [0.29, 0.717) is 0 Å². The van der Waals surface area contributed by atoms with E-state index < -0.39 is 0 Å². The van der Waals surface area contributed by atoms with Crippen LogP contribution in [0.2, 0.25) is 0 Å². The number of hydrogen-bond acceptors (Lipinski definition) is 0. The van der Waals surface area contributed by atoms with E-state index in [0.717, 1.165) is 5.57 Å². The van der Waals surface area contributed by atoms with Gasteiger partial charge in [-0.15, -0.1) is 0 Å². The summed E-state index contributed by atoms with van der Waals surface area (Å²) in [6, 6.07) is 13.0. The second-order valence-electron chi connectivity index (χ2n) is 5.12. The van der Waals surface area contributed by atoms with E-state index in [9.17, 15) is 0 Å². The van der Waals surface area contributed by atoms with E-state index in [4.69, 9.17) is 0 Å². The zero-order valence-corrected chi connectivity index (χ0v) is 11.7. The zero-order valence-electron chi connectivity index (χ0n) is 11.7. The summed E-state index contributed by atoms with van der Waals surface area (Å²) in [7, 11) is 0. The molecule has 0 aliphatic carbocycles. The minimum absolute atomic E-state index is 1.12. The summed E-state index contributed by atoms with van der Waals surface area (Å²) in [4.78, 5) is 0. The van der Waals surface area contributed by atoms with Gasteiger partial charge in [-0.1, -0.05) is 54.1 Å². The lowest BCUT2D eigenvalue weighted by molar-refractivity contribution is 1.29. The Hall–Kier alpha value is -1.82. The van der Waals surface area contributed by atoms with Crippen molar-refractivity contribution in [3.05, 3.63) is 76.4 Å². The molecule has 0 heterocycles. The molecule has 0 fully saturated rings. The van der Waals surface area contributed by atoms with Crippen LogP contribution < -0.4 is 0 Å². The molecule has 0 unspecified atom stereocenters. The van der Waals surface area contributed by atoms with Crippen LogP contribution in [0.4, 0.5) is 0 Å². The van der Waals surface area contributed by atoms with E-state index in [-0.39, 0.29) is 0 Å². The SMILES string of the molecule is C=C(c1ccc(C)cc1)c1c(C)cc(C)cc1C. The normalized spacial score (nSPS) is 10.4. The Balaban J connectivity index is 2.49. The molecule has 0 saturated heterocycles. The van der Waals surface area contributed by atoms with Gasteiger partial charge in [0.2, 0.25) is 0 Å². The number of hydrogen-bond donors (Lipinski definition) is 0. The summed E-state index contributed by atoms with van der Waals surface area (Å²) in [6.45, 7) is 12.8. The average molecular weight is 236 g/mol. The lowest BCUT2D eigenvalue weighted by Gasteiger charge is -2.14. The van der Waals surface area contributed by atoms with E-state index in [1.165, 1.54) is 33.4 Å². The highest BCUT2D eigenvalue weighted by atomic mass is 14.1. The van der Waals surface area contributed by atoms with Crippen molar-refractivity contribution in [2.75, 3.05) is 0 Å². The first kappa shape index (κ1) is 12.6. The Morgan fingerprint density at radius 2 is 1.28 bits per heavy atom. The Morgan fingerprint density at radius 1 is 0.778 bits per heavy atom. The second-order valence-corrected chi connectivity index (χ2v) is 5.12. The Kier molecular flexibility index (Phi) is 3.38. The summed E-state index contributed by atoms with van der Waals surface area (Å²) in [5, 5.41) is 0. The maximum absolute atomic E-state index is 4.28. The maximum atomic E-state index is 4.28. The fraction of sp³-hybridized carbons (Fsp3) is 0.222. The smallest absolute Gasteiger partial charge is 0.0125 e. The van der Waals surface area contributed by atoms with E-state index in [1.54, 1.807) is 0 Å². The van der Waals surface area contributed by atoms with Gasteiger partial charge >= 0.3 is 0 Å². The Bertz CT molecular complexity index is 563. The van der Waals surface area contributed by atoms with Crippen LogP contribution in [0.3, 0.4) is 0 Å². The highest BCUT2D eigenvalue weighted by Crippen LogP contribution is 2.28. The van der Waals surface area contributed by atoms with Gasteiger partial charge in [0, 0.05) is 0 Å². The van der Waals surface area contributed by atoms with Gasteiger partial charge in [-0.25, -0.2) is 0 Å². The lowest BCUT2D eigenvalue weighted by Crippen LogP contribution is -1.95. The van der Waals surface area contributed by atoms with Crippen LogP contribution >= 0.6 is 0 Å². The van der Waals surface area contributed by atoms with Crippen LogP contribution in [0.1, 0.15) is 33.4 Å². The number of aryl methyl sites for hydroxylation is 4. The van der Waals surface area contributed by atoms with Gasteiger partial charge < -0.3 is 0 Å². The molecule has 18 heavy (non-hydrogen) atoms. The maximum Gasteiger partial charge on any atom is -0.0125 e. The molecule has 92 valence electrons. The number of rotatable bonds is 2. The minimum Gasteiger partial charge on any atom is -0.0905 e. The molecule has 0 radical (unpaired) electrons. The largest absolute Gasteiger partial charge is 0.0905 e. The number of benzene rings is 2. The van der Waals surface area contributed by atoms with Gasteiger partial charge in [0.05, 0.1) is 0 Å². The van der Waals surface area contributed by atoms with Crippen molar-refractivity contribution >= 4 is 5.57 Å². The third-order valence-corrected chi connectivity index (χ3v) is 3.38. The molecule has 0 bridgehead atoms. The predicted octanol–water partition coefficient (Wildman–Crippen LogP) is 4.98. The molecule has 2 rings (SSSR count). The molecule has 2 aromatic carbocycles. The Morgan fingerprint density at radius 3 is 1.78 bits per heavy atom. The average Bonchev–Trinajstić information content (AvgIpc) is 2.28. The van der Waals surface area contributed by atoms with Crippen LogP contribution in [-0.2, 0) is 0 Å². The molecule has 0 amide bonds. The molecular formula is C18H20. The van der Waals surface area contributed by atoms with Crippen molar-refractivity contribution in [2.24, 2.45) is 0 Å². The summed E-state index contributed by atoms with van der Waals surface area (Å²) < 4.78 is 0. The first-order chi connectivity index (χ1) is 8.49. The van der Waals surface area contributed by atoms with Crippen molar-refractivity contribution in [3.8, 4) is 0 Å². The molecule has 0 nitrogen and oxygen atoms in total. The van der Waals surface area contributed by atoms with Gasteiger partial charge in [-0.3, -0.25) is 0 Å². The van der Waals surface area contributed by atoms with E-state index in [1.807, 2.05) is 0 Å². The van der Waals surface area contributed by atoms with Crippen molar-refractivity contribution < 1.29 is 0 Å². The Labute approximate surface area is 110 Å². The molecule has 0 atom stereocenters. The van der Waals surface area contributed by atoms with Gasteiger partial charge in [0.15, 0.2) is 0 Å². The van der Waals surface area contributed by atoms with Gasteiger partial charge in [0.25, 0.3) is 0 Å². The summed E-state index contributed by atoms with van der Waals surface area (Å²) in [6.07, 6.45) is 0. The topological polar surface area (TPSA) is 0 Å². The predicted molar refractivity (Wildman–Crippen MR) is 80.0 cm³/mol. The molecule has 0 aliphatic heterocycles. The van der Waals surface area contributed by atoms with Crippen LogP contribution in [-0.4, -0.2) is 0 Å². The fourth-order valence-corrected chi connectivity index (χ4v) is 2.56. The van der Waals surface area contributed by atoms with Crippen LogP contribution in [0.15, 0.2) is 43.0 Å². The minimum atomic E-state index is 1.12. The molecule has 0 aromatic heterocycles. The van der Waals surface area contributed by atoms with Crippen molar-refractivity contribution in [3.63, 3.8) is 0 Å². The molecule has 0 N–H and O–H groups in total. The monoisotopic (exact) mass is 236 g/mol. The molecule has 2 aromatic rings. The molecule has 0 spiro atoms. The third kappa shape index (κ3) is 2.38. The quantitative estimate of drug-likeness (QED) is 0.689. The van der Waals surface area contributed by atoms with Crippen LogP contribution in [0.25, 0.3) is 5.57 Å². The molecule has 0 saturated carbocycles. The van der Waals surface area contributed by atoms with Gasteiger partial charge in [-0.2, -0.15) is 0 Å². The van der Waals surface area contributed by atoms with Crippen molar-refractivity contribution in [1.82, 2.24) is 0 Å². The van der Waals surface area contributed by atoms with Gasteiger partial charge in [-0.05, 0) is 55.5 Å². The highest BCUT2D eigenvalue weighted by molar-refractivity contribution is 5.81. The molecule has 0 heteroatoms. The third-order valence-electron chi connectivity index (χ3n) is 3.38. The van der Waals surface area contributed by atoms with E-state index in [2.05, 4.69) is 70.7 Å². The summed E-state index contributed by atoms with van der Waals surface area (Å²) >= 11 is 0.